The number of benzene rings is 3. The molecule has 3 aromatic rings. The Kier molecular flexibility index (Phi) is 8.67. The zero-order chi connectivity index (χ0) is 24.0. The molecule has 0 saturated heterocycles. The number of nitrogens with zero attached hydrogens (tertiary/aromatic N) is 2. The third-order valence-electron chi connectivity index (χ3n) is 4.63. The quantitative estimate of drug-likeness (QED) is 0.292. The van der Waals surface area contributed by atoms with E-state index < -0.39 is 22.5 Å². The number of carbonyl (C=O) groups is 1. The zero-order valence-electron chi connectivity index (χ0n) is 17.5. The highest BCUT2D eigenvalue weighted by Gasteiger charge is 2.27. The first-order valence-corrected chi connectivity index (χ1v) is 12.7. The van der Waals surface area contributed by atoms with Gasteiger partial charge in [-0.1, -0.05) is 81.1 Å². The Hall–Kier alpha value is -2.23. The van der Waals surface area contributed by atoms with Crippen molar-refractivity contribution < 1.29 is 13.2 Å². The summed E-state index contributed by atoms with van der Waals surface area (Å²) in [6.07, 6.45) is 1.35. The van der Waals surface area contributed by atoms with Crippen LogP contribution >= 0.6 is 39.1 Å². The lowest BCUT2D eigenvalue weighted by Gasteiger charge is -2.21. The molecule has 3 rings (SSSR count). The van der Waals surface area contributed by atoms with Crippen LogP contribution in [0, 0.1) is 6.92 Å². The van der Waals surface area contributed by atoms with Crippen molar-refractivity contribution in [3.63, 3.8) is 0 Å². The van der Waals surface area contributed by atoms with Crippen LogP contribution in [-0.2, 0) is 21.4 Å². The van der Waals surface area contributed by atoms with E-state index in [9.17, 15) is 13.2 Å². The van der Waals surface area contributed by atoms with Crippen LogP contribution in [0.1, 0.15) is 16.7 Å². The van der Waals surface area contributed by atoms with E-state index in [2.05, 4.69) is 26.5 Å². The van der Waals surface area contributed by atoms with Crippen LogP contribution in [0.25, 0.3) is 0 Å². The smallest absolute Gasteiger partial charge is 0.255 e. The summed E-state index contributed by atoms with van der Waals surface area (Å²) in [5.41, 5.74) is 4.53. The van der Waals surface area contributed by atoms with Gasteiger partial charge in [-0.25, -0.2) is 13.8 Å². The lowest BCUT2D eigenvalue weighted by Crippen LogP contribution is -2.39. The van der Waals surface area contributed by atoms with Gasteiger partial charge in [0.05, 0.1) is 27.7 Å². The summed E-state index contributed by atoms with van der Waals surface area (Å²) in [5.74, 6) is -0.600. The number of hydrogen-bond acceptors (Lipinski definition) is 4. The molecule has 172 valence electrons. The molecule has 0 aliphatic heterocycles. The molecule has 1 N–H and O–H groups in total. The summed E-state index contributed by atoms with van der Waals surface area (Å²) in [7, 11) is -3.94. The second-order valence-electron chi connectivity index (χ2n) is 7.15. The number of carbonyl (C=O) groups excluding carboxylic acids is 1. The first kappa shape index (κ1) is 25.4. The molecule has 0 radical (unpaired) electrons. The fourth-order valence-corrected chi connectivity index (χ4v) is 4.87. The Morgan fingerprint density at radius 3 is 2.39 bits per heavy atom. The molecular formula is C23H20BrCl2N3O3S. The SMILES string of the molecule is Cc1ccc(S(=O)(=O)N(CC(=O)N/N=C\c2cccc(Cl)c2Cl)Cc2ccc(Br)cc2)cc1. The number of amides is 1. The van der Waals surface area contributed by atoms with Gasteiger partial charge >= 0.3 is 0 Å². The number of hydrazone groups is 1. The Balaban J connectivity index is 1.80. The average Bonchev–Trinajstić information content (AvgIpc) is 2.78. The Labute approximate surface area is 211 Å². The number of halogens is 3. The van der Waals surface area contributed by atoms with Gasteiger partial charge in [0, 0.05) is 16.6 Å². The molecule has 10 heteroatoms. The lowest BCUT2D eigenvalue weighted by molar-refractivity contribution is -0.121. The Bertz CT molecular complexity index is 1270. The van der Waals surface area contributed by atoms with E-state index in [0.717, 1.165) is 19.9 Å². The maximum absolute atomic E-state index is 13.3. The van der Waals surface area contributed by atoms with Crippen molar-refractivity contribution in [2.75, 3.05) is 6.54 Å². The van der Waals surface area contributed by atoms with Crippen molar-refractivity contribution >= 4 is 61.3 Å². The maximum Gasteiger partial charge on any atom is 0.255 e. The minimum Gasteiger partial charge on any atom is -0.272 e. The van der Waals surface area contributed by atoms with Gasteiger partial charge < -0.3 is 0 Å². The van der Waals surface area contributed by atoms with Gasteiger partial charge in [0.1, 0.15) is 0 Å². The van der Waals surface area contributed by atoms with Crippen LogP contribution in [0.5, 0.6) is 0 Å². The molecular weight excluding hydrogens is 549 g/mol. The average molecular weight is 569 g/mol. The predicted molar refractivity (Wildman–Crippen MR) is 135 cm³/mol. The number of aryl methyl sites for hydroxylation is 1. The van der Waals surface area contributed by atoms with Gasteiger partial charge in [-0.3, -0.25) is 4.79 Å². The third kappa shape index (κ3) is 6.88. The molecule has 0 saturated carbocycles. The van der Waals surface area contributed by atoms with Crippen molar-refractivity contribution in [1.82, 2.24) is 9.73 Å². The van der Waals surface area contributed by atoms with Gasteiger partial charge in [-0.05, 0) is 42.8 Å². The molecule has 0 bridgehead atoms. The zero-order valence-corrected chi connectivity index (χ0v) is 21.4. The fourth-order valence-electron chi connectivity index (χ4n) is 2.87. The van der Waals surface area contributed by atoms with Crippen LogP contribution in [-0.4, -0.2) is 31.4 Å². The number of sulfonamides is 1. The molecule has 1 amide bonds. The molecule has 3 aromatic carbocycles. The molecule has 0 unspecified atom stereocenters. The molecule has 33 heavy (non-hydrogen) atoms. The molecule has 0 atom stereocenters. The van der Waals surface area contributed by atoms with Crippen LogP contribution in [0.15, 0.2) is 81.2 Å². The first-order valence-electron chi connectivity index (χ1n) is 9.74. The molecule has 0 fully saturated rings. The molecule has 0 aliphatic carbocycles. The third-order valence-corrected chi connectivity index (χ3v) is 7.79. The number of nitrogens with one attached hydrogen (secondary N) is 1. The number of hydrogen-bond donors (Lipinski definition) is 1. The minimum absolute atomic E-state index is 0.0146. The molecule has 0 aliphatic rings. The monoisotopic (exact) mass is 567 g/mol. The summed E-state index contributed by atoms with van der Waals surface area (Å²) in [6.45, 7) is 1.46. The van der Waals surface area contributed by atoms with Gasteiger partial charge in [-0.15, -0.1) is 0 Å². The summed E-state index contributed by atoms with van der Waals surface area (Å²) in [4.78, 5) is 12.7. The van der Waals surface area contributed by atoms with E-state index in [1.165, 1.54) is 18.3 Å². The van der Waals surface area contributed by atoms with Gasteiger partial charge in [0.2, 0.25) is 10.0 Å². The van der Waals surface area contributed by atoms with E-state index in [1.54, 1.807) is 42.5 Å². The minimum atomic E-state index is -3.94. The van der Waals surface area contributed by atoms with E-state index >= 15 is 0 Å². The summed E-state index contributed by atoms with van der Waals surface area (Å²) in [5, 5.41) is 4.55. The van der Waals surface area contributed by atoms with E-state index in [4.69, 9.17) is 23.2 Å². The Morgan fingerprint density at radius 2 is 1.73 bits per heavy atom. The fraction of sp³-hybridized carbons (Fsp3) is 0.130. The second-order valence-corrected chi connectivity index (χ2v) is 10.8. The molecule has 0 spiro atoms. The summed E-state index contributed by atoms with van der Waals surface area (Å²) < 4.78 is 28.6. The van der Waals surface area contributed by atoms with Gasteiger partial charge in [0.25, 0.3) is 5.91 Å². The van der Waals surface area contributed by atoms with Crippen molar-refractivity contribution in [1.29, 1.82) is 0 Å². The largest absolute Gasteiger partial charge is 0.272 e. The van der Waals surface area contributed by atoms with E-state index in [0.29, 0.717) is 15.6 Å². The summed E-state index contributed by atoms with van der Waals surface area (Å²) >= 11 is 15.4. The normalized spacial score (nSPS) is 11.8. The molecule has 0 aromatic heterocycles. The highest BCUT2D eigenvalue weighted by Crippen LogP contribution is 2.24. The highest BCUT2D eigenvalue weighted by atomic mass is 79.9. The topological polar surface area (TPSA) is 78.8 Å². The molecule has 6 nitrogen and oxygen atoms in total. The summed E-state index contributed by atoms with van der Waals surface area (Å²) in [6, 6.07) is 18.7. The van der Waals surface area contributed by atoms with Gasteiger partial charge in [-0.2, -0.15) is 9.41 Å². The first-order chi connectivity index (χ1) is 15.7. The highest BCUT2D eigenvalue weighted by molar-refractivity contribution is 9.10. The van der Waals surface area contributed by atoms with Crippen molar-refractivity contribution in [2.45, 2.75) is 18.4 Å². The predicted octanol–water partition coefficient (Wildman–Crippen LogP) is 5.41. The standard InChI is InChI=1S/C23H20BrCl2N3O3S/c1-16-5-11-20(12-6-16)33(31,32)29(14-17-7-9-19(24)10-8-17)15-22(30)28-27-13-18-3-2-4-21(25)23(18)26/h2-13H,14-15H2,1H3,(H,28,30)/b27-13-. The van der Waals surface area contributed by atoms with Crippen molar-refractivity contribution in [2.24, 2.45) is 5.10 Å². The van der Waals surface area contributed by atoms with Crippen LogP contribution < -0.4 is 5.43 Å². The lowest BCUT2D eigenvalue weighted by atomic mass is 10.2. The second kappa shape index (κ2) is 11.3. The van der Waals surface area contributed by atoms with E-state index in [1.807, 2.05) is 19.1 Å². The number of rotatable bonds is 8. The van der Waals surface area contributed by atoms with Crippen molar-refractivity contribution in [3.8, 4) is 0 Å². The molecule has 0 heterocycles. The van der Waals surface area contributed by atoms with Crippen LogP contribution in [0.4, 0.5) is 0 Å². The van der Waals surface area contributed by atoms with Crippen LogP contribution in [0.2, 0.25) is 10.0 Å². The Morgan fingerprint density at radius 1 is 1.06 bits per heavy atom. The van der Waals surface area contributed by atoms with Crippen molar-refractivity contribution in [3.05, 3.63) is 97.9 Å². The van der Waals surface area contributed by atoms with Gasteiger partial charge in [0.15, 0.2) is 0 Å². The maximum atomic E-state index is 13.3. The van der Waals surface area contributed by atoms with E-state index in [-0.39, 0.29) is 11.4 Å². The van der Waals surface area contributed by atoms with Crippen LogP contribution in [0.3, 0.4) is 0 Å².